The largest absolute Gasteiger partial charge is 0.497 e. The molecule has 7 nitrogen and oxygen atoms in total. The van der Waals surface area contributed by atoms with Crippen LogP contribution in [0.5, 0.6) is 5.75 Å². The molecule has 0 radical (unpaired) electrons. The molecule has 0 atom stereocenters. The summed E-state index contributed by atoms with van der Waals surface area (Å²) in [6.07, 6.45) is 6.98. The number of fused-ring (bicyclic) bond motifs is 1. The fourth-order valence-corrected chi connectivity index (χ4v) is 4.41. The third kappa shape index (κ3) is 3.84. The van der Waals surface area contributed by atoms with E-state index < -0.39 is 0 Å². The van der Waals surface area contributed by atoms with Crippen molar-refractivity contribution in [3.8, 4) is 5.75 Å². The predicted octanol–water partition coefficient (Wildman–Crippen LogP) is 3.50. The number of hydrogen-bond acceptors (Lipinski definition) is 4. The molecule has 0 aliphatic heterocycles. The summed E-state index contributed by atoms with van der Waals surface area (Å²) in [4.78, 5) is 29.5. The lowest BCUT2D eigenvalue weighted by molar-refractivity contribution is -0.121. The SMILES string of the molecule is COc1ccc2c(c1)n(CC1CCC(C(=O)Nc3ccncc3C)CC1)c(=O)n2C. The highest BCUT2D eigenvalue weighted by molar-refractivity contribution is 5.93. The van der Waals surface area contributed by atoms with Crippen molar-refractivity contribution in [2.45, 2.75) is 39.2 Å². The van der Waals surface area contributed by atoms with Crippen LogP contribution in [0.2, 0.25) is 0 Å². The first-order chi connectivity index (χ1) is 14.5. The topological polar surface area (TPSA) is 78.2 Å². The molecule has 2 aromatic heterocycles. The number of nitrogens with one attached hydrogen (secondary N) is 1. The maximum absolute atomic E-state index is 12.8. The van der Waals surface area contributed by atoms with Crippen molar-refractivity contribution in [3.05, 3.63) is 52.7 Å². The van der Waals surface area contributed by atoms with Crippen LogP contribution >= 0.6 is 0 Å². The Balaban J connectivity index is 1.43. The minimum absolute atomic E-state index is 0.00807. The summed E-state index contributed by atoms with van der Waals surface area (Å²) < 4.78 is 8.88. The van der Waals surface area contributed by atoms with Crippen LogP contribution in [0.25, 0.3) is 11.0 Å². The molecule has 1 fully saturated rings. The molecule has 0 spiro atoms. The van der Waals surface area contributed by atoms with Gasteiger partial charge in [-0.3, -0.25) is 18.9 Å². The van der Waals surface area contributed by atoms with Crippen LogP contribution in [-0.4, -0.2) is 27.1 Å². The second-order valence-electron chi connectivity index (χ2n) is 8.20. The number of ether oxygens (including phenoxy) is 1. The predicted molar refractivity (Wildman–Crippen MR) is 117 cm³/mol. The molecular formula is C23H28N4O3. The Bertz CT molecular complexity index is 1120. The number of anilines is 1. The van der Waals surface area contributed by atoms with E-state index in [1.54, 1.807) is 31.1 Å². The molecule has 1 aliphatic carbocycles. The molecule has 0 unspecified atom stereocenters. The lowest BCUT2D eigenvalue weighted by Crippen LogP contribution is -2.31. The molecule has 1 aromatic carbocycles. The Hall–Kier alpha value is -3.09. The molecule has 0 saturated heterocycles. The van der Waals surface area contributed by atoms with E-state index in [-0.39, 0.29) is 17.5 Å². The summed E-state index contributed by atoms with van der Waals surface area (Å²) >= 11 is 0. The minimum atomic E-state index is -0.00807. The third-order valence-electron chi connectivity index (χ3n) is 6.29. The maximum atomic E-state index is 12.8. The van der Waals surface area contributed by atoms with E-state index in [1.165, 1.54) is 0 Å². The monoisotopic (exact) mass is 408 g/mol. The van der Waals surface area contributed by atoms with Gasteiger partial charge < -0.3 is 10.1 Å². The van der Waals surface area contributed by atoms with Crippen molar-refractivity contribution in [2.24, 2.45) is 18.9 Å². The summed E-state index contributed by atoms with van der Waals surface area (Å²) in [5, 5.41) is 3.04. The zero-order valence-electron chi connectivity index (χ0n) is 17.7. The quantitative estimate of drug-likeness (QED) is 0.701. The molecule has 1 aliphatic rings. The summed E-state index contributed by atoms with van der Waals surface area (Å²) in [7, 11) is 3.43. The lowest BCUT2D eigenvalue weighted by atomic mass is 9.81. The number of methoxy groups -OCH3 is 1. The van der Waals surface area contributed by atoms with Crippen molar-refractivity contribution in [2.75, 3.05) is 12.4 Å². The number of nitrogens with zero attached hydrogens (tertiary/aromatic N) is 3. The average Bonchev–Trinajstić information content (AvgIpc) is 3.00. The Morgan fingerprint density at radius 3 is 2.67 bits per heavy atom. The Kier molecular flexibility index (Phi) is 5.61. The molecule has 2 heterocycles. The van der Waals surface area contributed by atoms with Crippen LogP contribution in [-0.2, 0) is 18.4 Å². The van der Waals surface area contributed by atoms with E-state index in [0.29, 0.717) is 12.5 Å². The fourth-order valence-electron chi connectivity index (χ4n) is 4.41. The first kappa shape index (κ1) is 20.2. The first-order valence-electron chi connectivity index (χ1n) is 10.4. The van der Waals surface area contributed by atoms with Crippen molar-refractivity contribution in [3.63, 3.8) is 0 Å². The van der Waals surface area contributed by atoms with Crippen molar-refractivity contribution in [1.29, 1.82) is 0 Å². The van der Waals surface area contributed by atoms with Gasteiger partial charge in [0.1, 0.15) is 5.75 Å². The van der Waals surface area contributed by atoms with E-state index in [2.05, 4.69) is 10.3 Å². The molecule has 158 valence electrons. The second kappa shape index (κ2) is 8.34. The van der Waals surface area contributed by atoms with E-state index >= 15 is 0 Å². The van der Waals surface area contributed by atoms with Crippen LogP contribution in [0.4, 0.5) is 5.69 Å². The second-order valence-corrected chi connectivity index (χ2v) is 8.20. The molecule has 1 amide bonds. The molecule has 0 bridgehead atoms. The maximum Gasteiger partial charge on any atom is 0.328 e. The zero-order valence-corrected chi connectivity index (χ0v) is 17.7. The van der Waals surface area contributed by atoms with E-state index in [0.717, 1.165) is 53.7 Å². The third-order valence-corrected chi connectivity index (χ3v) is 6.29. The van der Waals surface area contributed by atoms with E-state index in [9.17, 15) is 9.59 Å². The smallest absolute Gasteiger partial charge is 0.328 e. The van der Waals surface area contributed by atoms with Crippen LogP contribution in [0.15, 0.2) is 41.5 Å². The number of carbonyl (C=O) groups excluding carboxylic acids is 1. The average molecular weight is 409 g/mol. The van der Waals surface area contributed by atoms with Gasteiger partial charge in [-0.1, -0.05) is 0 Å². The van der Waals surface area contributed by atoms with Gasteiger partial charge in [-0.05, 0) is 62.3 Å². The van der Waals surface area contributed by atoms with Gasteiger partial charge in [0.05, 0.1) is 18.1 Å². The van der Waals surface area contributed by atoms with Crippen LogP contribution in [0.3, 0.4) is 0 Å². The number of hydrogen-bond donors (Lipinski definition) is 1. The Morgan fingerprint density at radius 2 is 1.97 bits per heavy atom. The summed E-state index contributed by atoms with van der Waals surface area (Å²) in [5.41, 5.74) is 3.58. The van der Waals surface area contributed by atoms with Gasteiger partial charge in [-0.2, -0.15) is 0 Å². The summed E-state index contributed by atoms with van der Waals surface area (Å²) in [6.45, 7) is 2.61. The Labute approximate surface area is 175 Å². The highest BCUT2D eigenvalue weighted by Crippen LogP contribution is 2.32. The summed E-state index contributed by atoms with van der Waals surface area (Å²) in [5.74, 6) is 1.22. The van der Waals surface area contributed by atoms with Crippen molar-refractivity contribution >= 4 is 22.6 Å². The lowest BCUT2D eigenvalue weighted by Gasteiger charge is -2.28. The number of aryl methyl sites for hydroxylation is 2. The molecular weight excluding hydrogens is 380 g/mol. The minimum Gasteiger partial charge on any atom is -0.497 e. The standard InChI is InChI=1S/C23H28N4O3/c1-15-13-24-11-10-19(15)25-22(28)17-6-4-16(5-7-17)14-27-21-12-18(30-3)8-9-20(21)26(2)23(27)29/h8-13,16-17H,4-7,14H2,1-3H3,(H,24,25,28). The number of rotatable bonds is 5. The molecule has 7 heteroatoms. The van der Waals surface area contributed by atoms with Crippen molar-refractivity contribution in [1.82, 2.24) is 14.1 Å². The van der Waals surface area contributed by atoms with Gasteiger partial charge in [0.25, 0.3) is 0 Å². The van der Waals surface area contributed by atoms with Gasteiger partial charge in [0.2, 0.25) is 5.91 Å². The molecule has 3 aromatic rings. The Morgan fingerprint density at radius 1 is 1.20 bits per heavy atom. The molecule has 1 N–H and O–H groups in total. The van der Waals surface area contributed by atoms with Gasteiger partial charge in [0, 0.05) is 43.7 Å². The number of aromatic nitrogens is 3. The van der Waals surface area contributed by atoms with Crippen LogP contribution in [0, 0.1) is 18.8 Å². The van der Waals surface area contributed by atoms with Crippen LogP contribution < -0.4 is 15.7 Å². The molecule has 1 saturated carbocycles. The highest BCUT2D eigenvalue weighted by Gasteiger charge is 2.27. The first-order valence-corrected chi connectivity index (χ1v) is 10.4. The number of imidazole rings is 1. The normalized spacial score (nSPS) is 19.0. The number of benzene rings is 1. The molecule has 4 rings (SSSR count). The van der Waals surface area contributed by atoms with Crippen molar-refractivity contribution < 1.29 is 9.53 Å². The zero-order chi connectivity index (χ0) is 21.3. The van der Waals surface area contributed by atoms with Gasteiger partial charge in [-0.15, -0.1) is 0 Å². The number of carbonyl (C=O) groups is 1. The summed E-state index contributed by atoms with van der Waals surface area (Å²) in [6, 6.07) is 7.56. The fraction of sp³-hybridized carbons (Fsp3) is 0.435. The van der Waals surface area contributed by atoms with Gasteiger partial charge in [-0.25, -0.2) is 4.79 Å². The van der Waals surface area contributed by atoms with Gasteiger partial charge in [0.15, 0.2) is 0 Å². The van der Waals surface area contributed by atoms with E-state index in [4.69, 9.17) is 4.74 Å². The van der Waals surface area contributed by atoms with Crippen LogP contribution in [0.1, 0.15) is 31.2 Å². The number of amides is 1. The van der Waals surface area contributed by atoms with Gasteiger partial charge >= 0.3 is 5.69 Å². The van der Waals surface area contributed by atoms with E-state index in [1.807, 2.05) is 35.8 Å². The highest BCUT2D eigenvalue weighted by atomic mass is 16.5. The number of pyridine rings is 1. The molecule has 30 heavy (non-hydrogen) atoms.